The van der Waals surface area contributed by atoms with Gasteiger partial charge in [0.1, 0.15) is 11.1 Å². The molecule has 7 heteroatoms. The molecule has 1 aliphatic carbocycles. The third kappa shape index (κ3) is 4.24. The molecule has 0 N–H and O–H groups in total. The van der Waals surface area contributed by atoms with Crippen LogP contribution in [0.1, 0.15) is 25.7 Å². The molecular weight excluding hydrogens is 414 g/mol. The fourth-order valence-electron chi connectivity index (χ4n) is 3.30. The van der Waals surface area contributed by atoms with Crippen LogP contribution in [0.3, 0.4) is 0 Å². The molecule has 3 aromatic rings. The predicted octanol–water partition coefficient (Wildman–Crippen LogP) is 5.86. The zero-order valence-corrected chi connectivity index (χ0v) is 17.8. The van der Waals surface area contributed by atoms with Gasteiger partial charge in [-0.2, -0.15) is 0 Å². The van der Waals surface area contributed by atoms with Crippen molar-refractivity contribution in [3.05, 3.63) is 53.6 Å². The summed E-state index contributed by atoms with van der Waals surface area (Å²) >= 11 is 7.55. The van der Waals surface area contributed by atoms with Crippen molar-refractivity contribution in [1.29, 1.82) is 0 Å². The van der Waals surface area contributed by atoms with Gasteiger partial charge in [0, 0.05) is 16.8 Å². The van der Waals surface area contributed by atoms with Crippen molar-refractivity contribution in [2.75, 3.05) is 6.26 Å². The van der Waals surface area contributed by atoms with Gasteiger partial charge in [-0.25, -0.2) is 13.4 Å². The summed E-state index contributed by atoms with van der Waals surface area (Å²) in [7, 11) is -3.23. The highest BCUT2D eigenvalue weighted by Crippen LogP contribution is 2.41. The van der Waals surface area contributed by atoms with Crippen LogP contribution in [-0.2, 0) is 9.84 Å². The monoisotopic (exact) mass is 433 g/mol. The minimum absolute atomic E-state index is 0.189. The van der Waals surface area contributed by atoms with E-state index in [-0.39, 0.29) is 6.10 Å². The largest absolute Gasteiger partial charge is 0.473 e. The lowest BCUT2D eigenvalue weighted by atomic mass is 10.2. The van der Waals surface area contributed by atoms with Crippen molar-refractivity contribution in [1.82, 2.24) is 4.98 Å². The van der Waals surface area contributed by atoms with Crippen molar-refractivity contribution in [2.45, 2.75) is 36.7 Å². The van der Waals surface area contributed by atoms with Gasteiger partial charge in [-0.15, -0.1) is 11.3 Å². The number of nitrogens with zero attached hydrogens (tertiary/aromatic N) is 1. The summed E-state index contributed by atoms with van der Waals surface area (Å²) in [6.07, 6.45) is 5.84. The van der Waals surface area contributed by atoms with E-state index in [0.717, 1.165) is 33.9 Å². The van der Waals surface area contributed by atoms with Crippen LogP contribution >= 0.6 is 22.9 Å². The highest BCUT2D eigenvalue weighted by Gasteiger charge is 2.22. The van der Waals surface area contributed by atoms with Crippen molar-refractivity contribution in [3.8, 4) is 26.9 Å². The minimum atomic E-state index is -3.23. The molecule has 0 radical (unpaired) electrons. The molecule has 0 atom stereocenters. The molecule has 146 valence electrons. The van der Waals surface area contributed by atoms with Crippen LogP contribution < -0.4 is 4.74 Å². The lowest BCUT2D eigenvalue weighted by molar-refractivity contribution is 0.204. The van der Waals surface area contributed by atoms with Crippen molar-refractivity contribution < 1.29 is 13.2 Å². The highest BCUT2D eigenvalue weighted by atomic mass is 35.5. The van der Waals surface area contributed by atoms with Gasteiger partial charge in [0.2, 0.25) is 5.88 Å². The van der Waals surface area contributed by atoms with E-state index in [0.29, 0.717) is 15.8 Å². The molecule has 0 aliphatic heterocycles. The molecule has 1 heterocycles. The second kappa shape index (κ2) is 7.85. The molecule has 4 nitrogen and oxygen atoms in total. The first-order valence-electron chi connectivity index (χ1n) is 9.14. The Morgan fingerprint density at radius 3 is 2.21 bits per heavy atom. The average Bonchev–Trinajstić information content (AvgIpc) is 3.32. The maximum atomic E-state index is 11.7. The van der Waals surface area contributed by atoms with Crippen molar-refractivity contribution in [2.24, 2.45) is 0 Å². The van der Waals surface area contributed by atoms with Crippen LogP contribution in [0.4, 0.5) is 0 Å². The molecule has 0 unspecified atom stereocenters. The molecule has 2 aromatic carbocycles. The zero-order valence-electron chi connectivity index (χ0n) is 15.4. The summed E-state index contributed by atoms with van der Waals surface area (Å²) in [6, 6.07) is 14.5. The number of hydrogen-bond donors (Lipinski definition) is 0. The topological polar surface area (TPSA) is 56.3 Å². The second-order valence-electron chi connectivity index (χ2n) is 6.98. The van der Waals surface area contributed by atoms with E-state index in [4.69, 9.17) is 21.3 Å². The van der Waals surface area contributed by atoms with E-state index in [1.165, 1.54) is 30.4 Å². The van der Waals surface area contributed by atoms with Gasteiger partial charge in [-0.1, -0.05) is 35.9 Å². The maximum absolute atomic E-state index is 11.7. The van der Waals surface area contributed by atoms with Crippen molar-refractivity contribution >= 4 is 32.8 Å². The third-order valence-corrected chi connectivity index (χ3v) is 7.33. The van der Waals surface area contributed by atoms with Crippen LogP contribution in [0.5, 0.6) is 5.88 Å². The third-order valence-electron chi connectivity index (χ3n) is 4.81. The van der Waals surface area contributed by atoms with Crippen molar-refractivity contribution in [3.63, 3.8) is 0 Å². The summed E-state index contributed by atoms with van der Waals surface area (Å²) in [5.41, 5.74) is 1.88. The molecule has 1 fully saturated rings. The number of aromatic nitrogens is 1. The molecule has 1 aromatic heterocycles. The molecule has 1 aliphatic rings. The first kappa shape index (κ1) is 19.4. The average molecular weight is 434 g/mol. The smallest absolute Gasteiger partial charge is 0.233 e. The van der Waals surface area contributed by atoms with Gasteiger partial charge < -0.3 is 4.74 Å². The molecule has 4 rings (SSSR count). The fourth-order valence-corrected chi connectivity index (χ4v) is 5.07. The molecule has 0 bridgehead atoms. The zero-order chi connectivity index (χ0) is 19.7. The first-order chi connectivity index (χ1) is 13.4. The number of halogens is 1. The number of sulfone groups is 1. The lowest BCUT2D eigenvalue weighted by Crippen LogP contribution is -2.11. The number of rotatable bonds is 5. The van der Waals surface area contributed by atoms with Gasteiger partial charge in [-0.3, -0.25) is 0 Å². The summed E-state index contributed by atoms with van der Waals surface area (Å²) in [4.78, 5) is 5.97. The highest BCUT2D eigenvalue weighted by molar-refractivity contribution is 7.90. The normalized spacial score (nSPS) is 15.1. The summed E-state index contributed by atoms with van der Waals surface area (Å²) in [5.74, 6) is 0.619. The quantitative estimate of drug-likeness (QED) is 0.506. The van der Waals surface area contributed by atoms with Gasteiger partial charge in [-0.05, 0) is 55.5 Å². The SMILES string of the molecule is CS(=O)(=O)c1ccc(-c2sc(-c3ccc(Cl)cc3)nc2OC2CCCC2)cc1. The van der Waals surface area contributed by atoms with Crippen LogP contribution in [0.2, 0.25) is 5.02 Å². The first-order valence-corrected chi connectivity index (χ1v) is 12.2. The van der Waals surface area contributed by atoms with Gasteiger partial charge in [0.15, 0.2) is 9.84 Å². The Kier molecular flexibility index (Phi) is 5.45. The van der Waals surface area contributed by atoms with Crippen LogP contribution in [0, 0.1) is 0 Å². The Bertz CT molecular complexity index is 1070. The summed E-state index contributed by atoms with van der Waals surface area (Å²) in [6.45, 7) is 0. The summed E-state index contributed by atoms with van der Waals surface area (Å²) < 4.78 is 29.7. The van der Waals surface area contributed by atoms with Crippen LogP contribution in [0.25, 0.3) is 21.0 Å². The predicted molar refractivity (Wildman–Crippen MR) is 114 cm³/mol. The van der Waals surface area contributed by atoms with Crippen LogP contribution in [-0.4, -0.2) is 25.8 Å². The van der Waals surface area contributed by atoms with Gasteiger partial charge in [0.05, 0.1) is 9.77 Å². The number of thiazole rings is 1. The molecule has 28 heavy (non-hydrogen) atoms. The minimum Gasteiger partial charge on any atom is -0.473 e. The van der Waals surface area contributed by atoms with Crippen LogP contribution in [0.15, 0.2) is 53.4 Å². The standard InChI is InChI=1S/C21H20ClNO3S2/c1-28(24,25)18-12-8-14(9-13-18)19-20(26-17-4-2-3-5-17)23-21(27-19)15-6-10-16(22)11-7-15/h6-13,17H,2-5H2,1H3. The number of hydrogen-bond acceptors (Lipinski definition) is 5. The maximum Gasteiger partial charge on any atom is 0.233 e. The van der Waals surface area contributed by atoms with E-state index in [9.17, 15) is 8.42 Å². The molecule has 1 saturated carbocycles. The Morgan fingerprint density at radius 1 is 1.00 bits per heavy atom. The van der Waals surface area contributed by atoms with Gasteiger partial charge in [0.25, 0.3) is 0 Å². The van der Waals surface area contributed by atoms with E-state index >= 15 is 0 Å². The molecule has 0 saturated heterocycles. The Hall–Kier alpha value is -1.89. The van der Waals surface area contributed by atoms with E-state index in [1.54, 1.807) is 12.1 Å². The van der Waals surface area contributed by atoms with E-state index < -0.39 is 9.84 Å². The molecule has 0 amide bonds. The Balaban J connectivity index is 1.74. The lowest BCUT2D eigenvalue weighted by Gasteiger charge is -2.12. The van der Waals surface area contributed by atoms with E-state index in [2.05, 4.69) is 0 Å². The Morgan fingerprint density at radius 2 is 1.61 bits per heavy atom. The number of ether oxygens (including phenoxy) is 1. The fraction of sp³-hybridized carbons (Fsp3) is 0.286. The second-order valence-corrected chi connectivity index (χ2v) is 10.4. The molecular formula is C21H20ClNO3S2. The Labute approximate surface area is 174 Å². The van der Waals surface area contributed by atoms with Gasteiger partial charge >= 0.3 is 0 Å². The summed E-state index contributed by atoms with van der Waals surface area (Å²) in [5, 5.41) is 1.53. The molecule has 0 spiro atoms. The number of benzene rings is 2. The van der Waals surface area contributed by atoms with E-state index in [1.807, 2.05) is 36.4 Å².